The number of hydrogen-bond donors (Lipinski definition) is 2. The minimum atomic E-state index is -0.753. The number of anilines is 2. The fraction of sp³-hybridized carbons (Fsp3) is 0.600. The monoisotopic (exact) mass is 294 g/mol. The number of hydrogen-bond acceptors (Lipinski definition) is 5. The molecule has 0 spiro atoms. The molecule has 1 aromatic rings. The SMILES string of the molecule is COc1nccc(N(C)C)c1NC(=O)C(C)(C)C(C)(C)N. The van der Waals surface area contributed by atoms with E-state index in [-0.39, 0.29) is 5.91 Å². The minimum absolute atomic E-state index is 0.176. The predicted molar refractivity (Wildman–Crippen MR) is 85.8 cm³/mol. The Bertz CT molecular complexity index is 519. The van der Waals surface area contributed by atoms with Crippen LogP contribution in [0.25, 0.3) is 0 Å². The second-order valence-electron chi connectivity index (χ2n) is 6.41. The van der Waals surface area contributed by atoms with Gasteiger partial charge in [-0.15, -0.1) is 0 Å². The van der Waals surface area contributed by atoms with Crippen LogP contribution in [0, 0.1) is 5.41 Å². The second kappa shape index (κ2) is 5.89. The first-order valence-corrected chi connectivity index (χ1v) is 6.83. The zero-order valence-electron chi connectivity index (χ0n) is 13.9. The van der Waals surface area contributed by atoms with E-state index in [4.69, 9.17) is 10.5 Å². The van der Waals surface area contributed by atoms with Gasteiger partial charge in [0.15, 0.2) is 0 Å². The molecule has 0 saturated carbocycles. The van der Waals surface area contributed by atoms with Crippen LogP contribution >= 0.6 is 0 Å². The molecule has 0 fully saturated rings. The van der Waals surface area contributed by atoms with E-state index in [1.807, 2.05) is 52.8 Å². The number of carbonyl (C=O) groups is 1. The Morgan fingerprint density at radius 2 is 1.90 bits per heavy atom. The Morgan fingerprint density at radius 1 is 1.33 bits per heavy atom. The number of pyridine rings is 1. The quantitative estimate of drug-likeness (QED) is 0.866. The molecule has 0 aliphatic carbocycles. The van der Waals surface area contributed by atoms with Crippen LogP contribution < -0.4 is 20.7 Å². The summed E-state index contributed by atoms with van der Waals surface area (Å²) >= 11 is 0. The molecule has 0 aromatic carbocycles. The molecule has 0 saturated heterocycles. The van der Waals surface area contributed by atoms with Crippen LogP contribution in [0.15, 0.2) is 12.3 Å². The van der Waals surface area contributed by atoms with Crippen molar-refractivity contribution in [3.8, 4) is 5.88 Å². The van der Waals surface area contributed by atoms with E-state index in [0.29, 0.717) is 11.6 Å². The summed E-state index contributed by atoms with van der Waals surface area (Å²) in [6.45, 7) is 7.31. The highest BCUT2D eigenvalue weighted by atomic mass is 16.5. The summed E-state index contributed by atoms with van der Waals surface area (Å²) in [5.41, 5.74) is 6.07. The number of methoxy groups -OCH3 is 1. The van der Waals surface area contributed by atoms with Crippen molar-refractivity contribution in [2.45, 2.75) is 33.2 Å². The van der Waals surface area contributed by atoms with E-state index < -0.39 is 11.0 Å². The molecule has 0 atom stereocenters. The van der Waals surface area contributed by atoms with E-state index in [1.165, 1.54) is 7.11 Å². The maximum absolute atomic E-state index is 12.6. The lowest BCUT2D eigenvalue weighted by Crippen LogP contribution is -2.53. The first-order valence-electron chi connectivity index (χ1n) is 6.83. The molecule has 1 amide bonds. The van der Waals surface area contributed by atoms with E-state index in [0.717, 1.165) is 5.69 Å². The summed E-state index contributed by atoms with van der Waals surface area (Å²) in [7, 11) is 5.31. The van der Waals surface area contributed by atoms with Crippen molar-refractivity contribution in [1.29, 1.82) is 0 Å². The summed E-state index contributed by atoms with van der Waals surface area (Å²) < 4.78 is 5.25. The Labute approximate surface area is 126 Å². The number of nitrogens with zero attached hydrogens (tertiary/aromatic N) is 2. The van der Waals surface area contributed by atoms with Crippen LogP contribution in [0.1, 0.15) is 27.7 Å². The van der Waals surface area contributed by atoms with Crippen molar-refractivity contribution in [1.82, 2.24) is 4.98 Å². The van der Waals surface area contributed by atoms with Gasteiger partial charge in [-0.1, -0.05) is 0 Å². The van der Waals surface area contributed by atoms with E-state index in [1.54, 1.807) is 6.20 Å². The number of nitrogens with two attached hydrogens (primary N) is 1. The second-order valence-corrected chi connectivity index (χ2v) is 6.41. The highest BCUT2D eigenvalue weighted by Crippen LogP contribution is 2.35. The lowest BCUT2D eigenvalue weighted by molar-refractivity contribution is -0.126. The van der Waals surface area contributed by atoms with Gasteiger partial charge < -0.3 is 20.7 Å². The topological polar surface area (TPSA) is 80.5 Å². The summed E-state index contributed by atoms with van der Waals surface area (Å²) in [6, 6.07) is 1.82. The standard InChI is InChI=1S/C15H26N4O2/c1-14(2,15(3,4)16)13(20)18-11-10(19(5)6)8-9-17-12(11)21-7/h8-9H,16H2,1-7H3,(H,18,20). The molecule has 0 radical (unpaired) electrons. The fourth-order valence-corrected chi connectivity index (χ4v) is 1.64. The van der Waals surface area contributed by atoms with Gasteiger partial charge in [-0.05, 0) is 33.8 Å². The third-order valence-electron chi connectivity index (χ3n) is 3.99. The van der Waals surface area contributed by atoms with E-state index in [9.17, 15) is 4.79 Å². The van der Waals surface area contributed by atoms with Gasteiger partial charge in [0.1, 0.15) is 5.69 Å². The molecule has 21 heavy (non-hydrogen) atoms. The molecule has 0 bridgehead atoms. The average molecular weight is 294 g/mol. The molecule has 118 valence electrons. The summed E-state index contributed by atoms with van der Waals surface area (Å²) in [5, 5.41) is 2.91. The number of rotatable bonds is 5. The first kappa shape index (κ1) is 17.2. The Hall–Kier alpha value is -1.82. The molecule has 6 heteroatoms. The molecule has 3 N–H and O–H groups in total. The molecule has 0 aliphatic heterocycles. The molecule has 1 rings (SSSR count). The maximum atomic E-state index is 12.6. The first-order chi connectivity index (χ1) is 9.52. The number of aromatic nitrogens is 1. The lowest BCUT2D eigenvalue weighted by atomic mass is 9.74. The number of amides is 1. The van der Waals surface area contributed by atoms with Crippen LogP contribution in [-0.4, -0.2) is 37.6 Å². The van der Waals surface area contributed by atoms with Gasteiger partial charge >= 0.3 is 0 Å². The number of ether oxygens (including phenoxy) is 1. The lowest BCUT2D eigenvalue weighted by Gasteiger charge is -2.37. The zero-order chi connectivity index (χ0) is 16.4. The number of carbonyl (C=O) groups excluding carboxylic acids is 1. The Morgan fingerprint density at radius 3 is 2.33 bits per heavy atom. The van der Waals surface area contributed by atoms with Crippen LogP contribution in [0.2, 0.25) is 0 Å². The molecule has 1 heterocycles. The predicted octanol–water partition coefficient (Wildman–Crippen LogP) is 1.86. The normalized spacial score (nSPS) is 12.0. The van der Waals surface area contributed by atoms with Gasteiger partial charge in [0.2, 0.25) is 11.8 Å². The molecular weight excluding hydrogens is 268 g/mol. The zero-order valence-corrected chi connectivity index (χ0v) is 13.9. The molecular formula is C15H26N4O2. The van der Waals surface area contributed by atoms with Crippen molar-refractivity contribution in [3.05, 3.63) is 12.3 Å². The van der Waals surface area contributed by atoms with Crippen LogP contribution in [0.5, 0.6) is 5.88 Å². The van der Waals surface area contributed by atoms with Gasteiger partial charge in [0.05, 0.1) is 18.2 Å². The van der Waals surface area contributed by atoms with Crippen molar-refractivity contribution in [2.75, 3.05) is 31.4 Å². The maximum Gasteiger partial charge on any atom is 0.239 e. The van der Waals surface area contributed by atoms with Gasteiger partial charge in [-0.25, -0.2) is 4.98 Å². The van der Waals surface area contributed by atoms with Crippen LogP contribution in [0.4, 0.5) is 11.4 Å². The Balaban J connectivity index is 3.22. The van der Waals surface area contributed by atoms with Crippen molar-refractivity contribution >= 4 is 17.3 Å². The molecule has 6 nitrogen and oxygen atoms in total. The van der Waals surface area contributed by atoms with Crippen molar-refractivity contribution < 1.29 is 9.53 Å². The fourth-order valence-electron chi connectivity index (χ4n) is 1.64. The van der Waals surface area contributed by atoms with Gasteiger partial charge in [-0.3, -0.25) is 4.79 Å². The minimum Gasteiger partial charge on any atom is -0.479 e. The summed E-state index contributed by atoms with van der Waals surface area (Å²) in [4.78, 5) is 18.7. The van der Waals surface area contributed by atoms with Crippen LogP contribution in [0.3, 0.4) is 0 Å². The smallest absolute Gasteiger partial charge is 0.239 e. The Kier molecular flexibility index (Phi) is 4.83. The van der Waals surface area contributed by atoms with Crippen molar-refractivity contribution in [2.24, 2.45) is 11.1 Å². The van der Waals surface area contributed by atoms with Crippen LogP contribution in [-0.2, 0) is 4.79 Å². The summed E-state index contributed by atoms with van der Waals surface area (Å²) in [6.07, 6.45) is 1.64. The largest absolute Gasteiger partial charge is 0.479 e. The van der Waals surface area contributed by atoms with Crippen molar-refractivity contribution in [3.63, 3.8) is 0 Å². The highest BCUT2D eigenvalue weighted by molar-refractivity contribution is 5.99. The summed E-state index contributed by atoms with van der Waals surface area (Å²) in [5.74, 6) is 0.199. The molecule has 0 unspecified atom stereocenters. The molecule has 1 aromatic heterocycles. The third-order valence-corrected chi connectivity index (χ3v) is 3.99. The van der Waals surface area contributed by atoms with Gasteiger partial charge in [-0.2, -0.15) is 0 Å². The van der Waals surface area contributed by atoms with Gasteiger partial charge in [0, 0.05) is 25.8 Å². The number of nitrogens with one attached hydrogen (secondary N) is 1. The third kappa shape index (κ3) is 3.44. The highest BCUT2D eigenvalue weighted by Gasteiger charge is 2.41. The van der Waals surface area contributed by atoms with E-state index in [2.05, 4.69) is 10.3 Å². The van der Waals surface area contributed by atoms with E-state index >= 15 is 0 Å². The van der Waals surface area contributed by atoms with Gasteiger partial charge in [0.25, 0.3) is 0 Å². The average Bonchev–Trinajstić information content (AvgIpc) is 2.37. The molecule has 0 aliphatic rings.